The second kappa shape index (κ2) is 7.61. The Labute approximate surface area is 145 Å². The third-order valence-corrected chi connectivity index (χ3v) is 3.64. The van der Waals surface area contributed by atoms with E-state index in [0.717, 1.165) is 5.56 Å². The second-order valence-corrected chi connectivity index (χ2v) is 5.52. The number of benzene rings is 2. The molecule has 2 aromatic carbocycles. The Morgan fingerprint density at radius 3 is 2.76 bits per heavy atom. The molecule has 128 valence electrons. The molecule has 0 fully saturated rings. The normalized spacial score (nSPS) is 10.5. The summed E-state index contributed by atoms with van der Waals surface area (Å²) in [5.41, 5.74) is 3.50. The smallest absolute Gasteiger partial charge is 0.361 e. The number of aryl methyl sites for hydroxylation is 1. The Kier molecular flexibility index (Phi) is 5.09. The molecule has 0 spiro atoms. The van der Waals surface area contributed by atoms with E-state index in [1.807, 2.05) is 49.4 Å². The molecule has 0 amide bonds. The van der Waals surface area contributed by atoms with Crippen LogP contribution in [0.2, 0.25) is 0 Å². The third-order valence-electron chi connectivity index (χ3n) is 3.64. The van der Waals surface area contributed by atoms with Crippen LogP contribution >= 0.6 is 0 Å². The number of carbonyl (C=O) groups excluding carboxylic acids is 1. The van der Waals surface area contributed by atoms with Crippen LogP contribution in [0.3, 0.4) is 0 Å². The first kappa shape index (κ1) is 16.7. The first-order chi connectivity index (χ1) is 12.2. The van der Waals surface area contributed by atoms with Gasteiger partial charge in [-0.1, -0.05) is 42.0 Å². The number of hydrogen-bond donors (Lipinski definition) is 1. The van der Waals surface area contributed by atoms with E-state index in [2.05, 4.69) is 21.5 Å². The minimum absolute atomic E-state index is 0.147. The molecular weight excluding hydrogens is 318 g/mol. The van der Waals surface area contributed by atoms with Gasteiger partial charge in [0.25, 0.3) is 0 Å². The van der Waals surface area contributed by atoms with Crippen LogP contribution in [0.15, 0.2) is 48.5 Å². The molecule has 6 nitrogen and oxygen atoms in total. The molecule has 1 N–H and O–H groups in total. The SMILES string of the molecule is CCOC(=O)c1n[nH]nc1-c1ccccc1OCc1cccc(C)c1. The maximum absolute atomic E-state index is 12.0. The Morgan fingerprint density at radius 1 is 1.12 bits per heavy atom. The number of aromatic amines is 1. The maximum atomic E-state index is 12.0. The van der Waals surface area contributed by atoms with Gasteiger partial charge in [-0.25, -0.2) is 4.79 Å². The quantitative estimate of drug-likeness (QED) is 0.696. The number of nitrogens with one attached hydrogen (secondary N) is 1. The van der Waals surface area contributed by atoms with Crippen LogP contribution in [0.5, 0.6) is 5.75 Å². The van der Waals surface area contributed by atoms with E-state index in [0.29, 0.717) is 23.6 Å². The lowest BCUT2D eigenvalue weighted by atomic mass is 10.1. The topological polar surface area (TPSA) is 77.1 Å². The number of esters is 1. The lowest BCUT2D eigenvalue weighted by Gasteiger charge is -2.11. The lowest BCUT2D eigenvalue weighted by Crippen LogP contribution is -2.07. The van der Waals surface area contributed by atoms with Crippen LogP contribution in [0.1, 0.15) is 28.5 Å². The van der Waals surface area contributed by atoms with Crippen molar-refractivity contribution in [1.29, 1.82) is 0 Å². The standard InChI is InChI=1S/C19H19N3O3/c1-3-24-19(23)18-17(20-22-21-18)15-9-4-5-10-16(15)25-12-14-8-6-7-13(2)11-14/h4-11H,3,12H2,1-2H3,(H,20,21,22). The summed E-state index contributed by atoms with van der Waals surface area (Å²) in [4.78, 5) is 12.0. The minimum atomic E-state index is -0.514. The van der Waals surface area contributed by atoms with Crippen LogP contribution < -0.4 is 4.74 Å². The molecule has 0 aliphatic rings. The number of carbonyl (C=O) groups is 1. The Bertz CT molecular complexity index is 874. The molecule has 0 atom stereocenters. The summed E-state index contributed by atoms with van der Waals surface area (Å²) in [6.45, 7) is 4.48. The molecule has 0 saturated heterocycles. The van der Waals surface area contributed by atoms with Crippen LogP contribution in [0.25, 0.3) is 11.3 Å². The number of aromatic nitrogens is 3. The van der Waals surface area contributed by atoms with Gasteiger partial charge in [0.1, 0.15) is 18.1 Å². The zero-order valence-electron chi connectivity index (χ0n) is 14.2. The maximum Gasteiger partial charge on any atom is 0.361 e. The second-order valence-electron chi connectivity index (χ2n) is 5.52. The first-order valence-corrected chi connectivity index (χ1v) is 8.04. The summed E-state index contributed by atoms with van der Waals surface area (Å²) in [7, 11) is 0. The van der Waals surface area contributed by atoms with Gasteiger partial charge >= 0.3 is 5.97 Å². The zero-order chi connectivity index (χ0) is 17.6. The van der Waals surface area contributed by atoms with Gasteiger partial charge in [0.2, 0.25) is 0 Å². The van der Waals surface area contributed by atoms with Gasteiger partial charge in [-0.05, 0) is 31.5 Å². The minimum Gasteiger partial charge on any atom is -0.488 e. The first-order valence-electron chi connectivity index (χ1n) is 8.04. The fourth-order valence-electron chi connectivity index (χ4n) is 2.51. The number of para-hydroxylation sites is 1. The number of rotatable bonds is 6. The molecule has 0 saturated carbocycles. The highest BCUT2D eigenvalue weighted by Crippen LogP contribution is 2.30. The predicted octanol–water partition coefficient (Wildman–Crippen LogP) is 3.54. The Morgan fingerprint density at radius 2 is 1.96 bits per heavy atom. The van der Waals surface area contributed by atoms with E-state index in [1.54, 1.807) is 6.92 Å². The molecule has 1 aromatic heterocycles. The Hall–Kier alpha value is -3.15. The third kappa shape index (κ3) is 3.85. The summed E-state index contributed by atoms with van der Waals surface area (Å²) in [6.07, 6.45) is 0. The fourth-order valence-corrected chi connectivity index (χ4v) is 2.51. The zero-order valence-corrected chi connectivity index (χ0v) is 14.2. The average molecular weight is 337 g/mol. The molecule has 0 unspecified atom stereocenters. The van der Waals surface area contributed by atoms with E-state index in [4.69, 9.17) is 9.47 Å². The van der Waals surface area contributed by atoms with Crippen LogP contribution in [-0.2, 0) is 11.3 Å². The highest BCUT2D eigenvalue weighted by Gasteiger charge is 2.21. The van der Waals surface area contributed by atoms with Crippen LogP contribution in [0, 0.1) is 6.92 Å². The van der Waals surface area contributed by atoms with Crippen molar-refractivity contribution in [3.63, 3.8) is 0 Å². The van der Waals surface area contributed by atoms with Gasteiger partial charge in [-0.15, -0.1) is 5.10 Å². The predicted molar refractivity (Wildman–Crippen MR) is 93.3 cm³/mol. The van der Waals surface area contributed by atoms with Gasteiger partial charge < -0.3 is 9.47 Å². The monoisotopic (exact) mass is 337 g/mol. The van der Waals surface area contributed by atoms with Crippen LogP contribution in [0.4, 0.5) is 0 Å². The summed E-state index contributed by atoms with van der Waals surface area (Å²) in [5.74, 6) is 0.114. The molecule has 0 aliphatic heterocycles. The Balaban J connectivity index is 1.87. The van der Waals surface area contributed by atoms with E-state index in [-0.39, 0.29) is 12.3 Å². The van der Waals surface area contributed by atoms with E-state index >= 15 is 0 Å². The van der Waals surface area contributed by atoms with Crippen molar-refractivity contribution < 1.29 is 14.3 Å². The van der Waals surface area contributed by atoms with Gasteiger partial charge in [-0.3, -0.25) is 0 Å². The summed E-state index contributed by atoms with van der Waals surface area (Å²) in [6, 6.07) is 15.5. The van der Waals surface area contributed by atoms with Crippen molar-refractivity contribution in [1.82, 2.24) is 15.4 Å². The molecule has 0 bridgehead atoms. The summed E-state index contributed by atoms with van der Waals surface area (Å²) in [5, 5.41) is 10.5. The fraction of sp³-hybridized carbons (Fsp3) is 0.211. The number of ether oxygens (including phenoxy) is 2. The molecule has 0 radical (unpaired) electrons. The largest absolute Gasteiger partial charge is 0.488 e. The van der Waals surface area contributed by atoms with Crippen molar-refractivity contribution in [2.24, 2.45) is 0 Å². The molecule has 1 heterocycles. The van der Waals surface area contributed by atoms with Crippen molar-refractivity contribution in [2.75, 3.05) is 6.61 Å². The van der Waals surface area contributed by atoms with Crippen molar-refractivity contribution in [2.45, 2.75) is 20.5 Å². The van der Waals surface area contributed by atoms with Crippen molar-refractivity contribution >= 4 is 5.97 Å². The van der Waals surface area contributed by atoms with Gasteiger partial charge in [0.15, 0.2) is 5.69 Å². The molecule has 25 heavy (non-hydrogen) atoms. The lowest BCUT2D eigenvalue weighted by molar-refractivity contribution is 0.0520. The van der Waals surface area contributed by atoms with E-state index < -0.39 is 5.97 Å². The molecule has 6 heteroatoms. The number of hydrogen-bond acceptors (Lipinski definition) is 5. The number of nitrogens with zero attached hydrogens (tertiary/aromatic N) is 2. The molecule has 0 aliphatic carbocycles. The van der Waals surface area contributed by atoms with Crippen LogP contribution in [-0.4, -0.2) is 28.0 Å². The average Bonchev–Trinajstić information content (AvgIpc) is 3.10. The van der Waals surface area contributed by atoms with Crippen molar-refractivity contribution in [3.05, 3.63) is 65.4 Å². The van der Waals surface area contributed by atoms with Gasteiger partial charge in [0, 0.05) is 5.56 Å². The molecular formula is C19H19N3O3. The van der Waals surface area contributed by atoms with Gasteiger partial charge in [0.05, 0.1) is 6.61 Å². The van der Waals surface area contributed by atoms with E-state index in [9.17, 15) is 4.79 Å². The highest BCUT2D eigenvalue weighted by molar-refractivity contribution is 5.94. The highest BCUT2D eigenvalue weighted by atomic mass is 16.5. The molecule has 3 aromatic rings. The van der Waals surface area contributed by atoms with Gasteiger partial charge in [-0.2, -0.15) is 10.3 Å². The number of H-pyrrole nitrogens is 1. The van der Waals surface area contributed by atoms with Crippen molar-refractivity contribution in [3.8, 4) is 17.0 Å². The summed E-state index contributed by atoms with van der Waals surface area (Å²) >= 11 is 0. The van der Waals surface area contributed by atoms with E-state index in [1.165, 1.54) is 5.56 Å². The summed E-state index contributed by atoms with van der Waals surface area (Å²) < 4.78 is 11.0. The molecule has 3 rings (SSSR count).